The number of hydrogen-bond donors (Lipinski definition) is 1. The summed E-state index contributed by atoms with van der Waals surface area (Å²) in [5, 5.41) is 1.43. The van der Waals surface area contributed by atoms with Gasteiger partial charge in [0.25, 0.3) is 0 Å². The molecule has 0 amide bonds. The molecule has 0 aliphatic rings. The van der Waals surface area contributed by atoms with E-state index in [4.69, 9.17) is 10.5 Å². The maximum atomic E-state index is 5.82. The van der Waals surface area contributed by atoms with E-state index in [1.807, 2.05) is 26.0 Å². The number of nitrogens with zero attached hydrogens (tertiary/aromatic N) is 3. The van der Waals surface area contributed by atoms with Crippen molar-refractivity contribution >= 4 is 17.4 Å². The second-order valence-electron chi connectivity index (χ2n) is 3.97. The highest BCUT2D eigenvalue weighted by molar-refractivity contribution is 7.99. The predicted octanol–water partition coefficient (Wildman–Crippen LogP) is 2.70. The van der Waals surface area contributed by atoms with E-state index in [2.05, 4.69) is 15.0 Å². The normalized spacial score (nSPS) is 10.4. The minimum Gasteiger partial charge on any atom is -0.476 e. The van der Waals surface area contributed by atoms with Crippen LogP contribution in [0.4, 0.5) is 5.69 Å². The van der Waals surface area contributed by atoms with E-state index in [0.717, 1.165) is 17.1 Å². The Hall–Kier alpha value is -1.82. The van der Waals surface area contributed by atoms with Gasteiger partial charge >= 0.3 is 0 Å². The van der Waals surface area contributed by atoms with Gasteiger partial charge in [-0.1, -0.05) is 6.92 Å². The molecule has 0 atom stereocenters. The van der Waals surface area contributed by atoms with Crippen molar-refractivity contribution in [2.45, 2.75) is 30.5 Å². The molecule has 6 heteroatoms. The lowest BCUT2D eigenvalue weighted by atomic mass is 10.4. The zero-order valence-electron chi connectivity index (χ0n) is 11.0. The molecule has 0 saturated carbocycles. The summed E-state index contributed by atoms with van der Waals surface area (Å²) in [5.41, 5.74) is 7.29. The van der Waals surface area contributed by atoms with E-state index in [-0.39, 0.29) is 0 Å². The van der Waals surface area contributed by atoms with Crippen molar-refractivity contribution in [2.24, 2.45) is 0 Å². The van der Waals surface area contributed by atoms with Crippen molar-refractivity contribution < 1.29 is 4.74 Å². The summed E-state index contributed by atoms with van der Waals surface area (Å²) in [5.74, 6) is 0.472. The zero-order chi connectivity index (χ0) is 13.7. The van der Waals surface area contributed by atoms with Crippen molar-refractivity contribution in [2.75, 3.05) is 12.3 Å². The van der Waals surface area contributed by atoms with Gasteiger partial charge in [-0.25, -0.2) is 15.0 Å². The van der Waals surface area contributed by atoms with Crippen LogP contribution in [0.1, 0.15) is 19.0 Å². The monoisotopic (exact) mass is 276 g/mol. The molecule has 0 aliphatic heterocycles. The molecule has 2 rings (SSSR count). The van der Waals surface area contributed by atoms with Crippen LogP contribution in [-0.2, 0) is 0 Å². The number of aromatic nitrogens is 3. The van der Waals surface area contributed by atoms with Gasteiger partial charge in [-0.3, -0.25) is 0 Å². The van der Waals surface area contributed by atoms with Crippen LogP contribution in [-0.4, -0.2) is 21.6 Å². The van der Waals surface area contributed by atoms with E-state index >= 15 is 0 Å². The molecule has 19 heavy (non-hydrogen) atoms. The lowest BCUT2D eigenvalue weighted by Gasteiger charge is -2.08. The molecule has 100 valence electrons. The number of nitrogens with two attached hydrogens (primary N) is 1. The molecule has 2 N–H and O–H groups in total. The largest absolute Gasteiger partial charge is 0.476 e. The summed E-state index contributed by atoms with van der Waals surface area (Å²) in [4.78, 5) is 12.9. The Kier molecular flexibility index (Phi) is 4.57. The third-order valence-electron chi connectivity index (χ3n) is 2.28. The van der Waals surface area contributed by atoms with Gasteiger partial charge in [-0.05, 0) is 43.3 Å². The van der Waals surface area contributed by atoms with Crippen molar-refractivity contribution in [3.63, 3.8) is 0 Å². The van der Waals surface area contributed by atoms with Crippen molar-refractivity contribution in [1.82, 2.24) is 15.0 Å². The van der Waals surface area contributed by atoms with Crippen LogP contribution in [0.15, 0.2) is 34.6 Å². The van der Waals surface area contributed by atoms with E-state index < -0.39 is 0 Å². The third kappa shape index (κ3) is 3.82. The minimum atomic E-state index is 0.472. The van der Waals surface area contributed by atoms with E-state index in [9.17, 15) is 0 Å². The topological polar surface area (TPSA) is 73.9 Å². The summed E-state index contributed by atoms with van der Waals surface area (Å²) in [6, 6.07) is 5.48. The van der Waals surface area contributed by atoms with Gasteiger partial charge in [-0.2, -0.15) is 0 Å². The first kappa shape index (κ1) is 13.6. The molecular weight excluding hydrogens is 260 g/mol. The summed E-state index contributed by atoms with van der Waals surface area (Å²) >= 11 is 1.39. The third-order valence-corrected chi connectivity index (χ3v) is 3.09. The van der Waals surface area contributed by atoms with Gasteiger partial charge in [-0.15, -0.1) is 0 Å². The van der Waals surface area contributed by atoms with Crippen LogP contribution < -0.4 is 10.5 Å². The molecular formula is C13H16N4OS. The Labute approximate surface area is 116 Å². The summed E-state index contributed by atoms with van der Waals surface area (Å²) in [6.07, 6.45) is 2.65. The number of rotatable bonds is 5. The highest BCUT2D eigenvalue weighted by atomic mass is 32.2. The highest BCUT2D eigenvalue weighted by Crippen LogP contribution is 2.27. The van der Waals surface area contributed by atoms with Gasteiger partial charge in [0.1, 0.15) is 5.03 Å². The Bertz CT molecular complexity index is 562. The number of hydrogen-bond acceptors (Lipinski definition) is 6. The predicted molar refractivity (Wildman–Crippen MR) is 75.3 cm³/mol. The second-order valence-corrected chi connectivity index (χ2v) is 4.96. The van der Waals surface area contributed by atoms with Crippen molar-refractivity contribution in [1.29, 1.82) is 0 Å². The second kappa shape index (κ2) is 6.38. The lowest BCUT2D eigenvalue weighted by molar-refractivity contribution is 0.305. The van der Waals surface area contributed by atoms with Crippen molar-refractivity contribution in [3.8, 4) is 5.88 Å². The lowest BCUT2D eigenvalue weighted by Crippen LogP contribution is -2.02. The Morgan fingerprint density at radius 3 is 2.84 bits per heavy atom. The standard InChI is InChI=1S/C13H16N4OS/c1-3-8-18-12-10(14)4-5-11(17-12)19-13-15-7-6-9(2)16-13/h4-7H,3,8,14H2,1-2H3. The van der Waals surface area contributed by atoms with E-state index in [1.165, 1.54) is 11.8 Å². The SMILES string of the molecule is CCCOc1nc(Sc2nccc(C)n2)ccc1N. The molecule has 2 aromatic rings. The number of anilines is 1. The highest BCUT2D eigenvalue weighted by Gasteiger charge is 2.07. The average molecular weight is 276 g/mol. The average Bonchev–Trinajstić information content (AvgIpc) is 2.39. The van der Waals surface area contributed by atoms with E-state index in [1.54, 1.807) is 12.3 Å². The number of aryl methyl sites for hydroxylation is 1. The van der Waals surface area contributed by atoms with E-state index in [0.29, 0.717) is 23.3 Å². The van der Waals surface area contributed by atoms with Crippen LogP contribution in [0.2, 0.25) is 0 Å². The first-order valence-electron chi connectivity index (χ1n) is 6.06. The van der Waals surface area contributed by atoms with Crippen LogP contribution in [0.3, 0.4) is 0 Å². The van der Waals surface area contributed by atoms with Crippen LogP contribution in [0, 0.1) is 6.92 Å². The first-order chi connectivity index (χ1) is 9.19. The molecule has 0 saturated heterocycles. The maximum absolute atomic E-state index is 5.82. The Morgan fingerprint density at radius 1 is 1.26 bits per heavy atom. The van der Waals surface area contributed by atoms with Crippen molar-refractivity contribution in [3.05, 3.63) is 30.1 Å². The number of ether oxygens (including phenoxy) is 1. The maximum Gasteiger partial charge on any atom is 0.238 e. The summed E-state index contributed by atoms with van der Waals surface area (Å²) in [7, 11) is 0. The van der Waals surface area contributed by atoms with Gasteiger partial charge < -0.3 is 10.5 Å². The Balaban J connectivity index is 2.16. The van der Waals surface area contributed by atoms with Gasteiger partial charge in [0.2, 0.25) is 5.88 Å². The number of pyridine rings is 1. The molecule has 2 aromatic heterocycles. The fraction of sp³-hybridized carbons (Fsp3) is 0.308. The molecule has 0 radical (unpaired) electrons. The molecule has 0 unspecified atom stereocenters. The molecule has 2 heterocycles. The quantitative estimate of drug-likeness (QED) is 0.846. The van der Waals surface area contributed by atoms with Crippen LogP contribution >= 0.6 is 11.8 Å². The fourth-order valence-electron chi connectivity index (χ4n) is 1.37. The molecule has 0 aromatic carbocycles. The molecule has 0 fully saturated rings. The molecule has 0 aliphatic carbocycles. The van der Waals surface area contributed by atoms with Gasteiger partial charge in [0.15, 0.2) is 5.16 Å². The number of nitrogen functional groups attached to an aromatic ring is 1. The van der Waals surface area contributed by atoms with Crippen LogP contribution in [0.5, 0.6) is 5.88 Å². The summed E-state index contributed by atoms with van der Waals surface area (Å²) < 4.78 is 5.50. The molecule has 5 nitrogen and oxygen atoms in total. The fourth-order valence-corrected chi connectivity index (χ4v) is 2.13. The smallest absolute Gasteiger partial charge is 0.238 e. The first-order valence-corrected chi connectivity index (χ1v) is 6.87. The van der Waals surface area contributed by atoms with Gasteiger partial charge in [0.05, 0.1) is 12.3 Å². The minimum absolute atomic E-state index is 0.472. The van der Waals surface area contributed by atoms with Gasteiger partial charge in [0, 0.05) is 11.9 Å². The molecule has 0 spiro atoms. The molecule has 0 bridgehead atoms. The van der Waals surface area contributed by atoms with Crippen LogP contribution in [0.25, 0.3) is 0 Å². The summed E-state index contributed by atoms with van der Waals surface area (Å²) in [6.45, 7) is 4.57. The zero-order valence-corrected chi connectivity index (χ0v) is 11.8. The Morgan fingerprint density at radius 2 is 2.11 bits per heavy atom.